The summed E-state index contributed by atoms with van der Waals surface area (Å²) < 4.78 is 0. The van der Waals surface area contributed by atoms with Gasteiger partial charge in [0.2, 0.25) is 0 Å². The summed E-state index contributed by atoms with van der Waals surface area (Å²) in [7, 11) is 0. The average molecular weight is 256 g/mol. The van der Waals surface area contributed by atoms with Gasteiger partial charge in [-0.3, -0.25) is 9.59 Å². The smallest absolute Gasteiger partial charge is 0.159 e. The minimum Gasteiger partial charge on any atom is -0.295 e. The van der Waals surface area contributed by atoms with Crippen LogP contribution >= 0.6 is 0 Å². The summed E-state index contributed by atoms with van der Waals surface area (Å²) in [5.74, 6) is 0.317. The number of hydrogen-bond donors (Lipinski definition) is 0. The third-order valence-corrected chi connectivity index (χ3v) is 3.97. The van der Waals surface area contributed by atoms with Crippen molar-refractivity contribution < 1.29 is 9.59 Å². The molecule has 100 valence electrons. The number of hydrogen-bond acceptors (Lipinski definition) is 2. The van der Waals surface area contributed by atoms with Gasteiger partial charge in [-0.05, 0) is 29.7 Å². The van der Waals surface area contributed by atoms with Crippen LogP contribution in [0, 0.1) is 5.41 Å². The summed E-state index contributed by atoms with van der Waals surface area (Å²) >= 11 is 0. The van der Waals surface area contributed by atoms with Crippen LogP contribution in [0.3, 0.4) is 0 Å². The fourth-order valence-electron chi connectivity index (χ4n) is 2.83. The fourth-order valence-corrected chi connectivity index (χ4v) is 2.83. The van der Waals surface area contributed by atoms with E-state index < -0.39 is 0 Å². The van der Waals surface area contributed by atoms with Gasteiger partial charge < -0.3 is 0 Å². The molecule has 0 fully saturated rings. The molecule has 0 bridgehead atoms. The van der Waals surface area contributed by atoms with Crippen LogP contribution in [0.25, 0.3) is 0 Å². The molecule has 2 heteroatoms. The predicted molar refractivity (Wildman–Crippen MR) is 76.7 cm³/mol. The first-order valence-corrected chi connectivity index (χ1v) is 6.89. The molecule has 19 heavy (non-hydrogen) atoms. The van der Waals surface area contributed by atoms with Gasteiger partial charge in [-0.15, -0.1) is 0 Å². The molecule has 0 spiro atoms. The highest BCUT2D eigenvalue weighted by Gasteiger charge is 2.31. The molecule has 0 aromatic carbocycles. The molecule has 0 saturated carbocycles. The zero-order chi connectivity index (χ0) is 13.9. The lowest BCUT2D eigenvalue weighted by molar-refractivity contribution is -0.114. The summed E-state index contributed by atoms with van der Waals surface area (Å²) in [6.45, 7) is 4.36. The lowest BCUT2D eigenvalue weighted by Gasteiger charge is -2.34. The Labute approximate surface area is 114 Å². The van der Waals surface area contributed by atoms with Gasteiger partial charge >= 0.3 is 0 Å². The molecule has 0 unspecified atom stereocenters. The first-order chi connectivity index (χ1) is 9.06. The minimum absolute atomic E-state index is 0.0941. The van der Waals surface area contributed by atoms with Crippen molar-refractivity contribution in [2.45, 2.75) is 39.5 Å². The van der Waals surface area contributed by atoms with E-state index in [0.717, 1.165) is 12.8 Å². The Morgan fingerprint density at radius 2 is 1.42 bits per heavy atom. The summed E-state index contributed by atoms with van der Waals surface area (Å²) in [5.41, 5.74) is 2.29. The molecule has 2 aliphatic carbocycles. The lowest BCUT2D eigenvalue weighted by atomic mass is 9.69. The van der Waals surface area contributed by atoms with Gasteiger partial charge in [0.05, 0.1) is 0 Å². The predicted octanol–water partition coefficient (Wildman–Crippen LogP) is 3.70. The Morgan fingerprint density at radius 1 is 0.947 bits per heavy atom. The van der Waals surface area contributed by atoms with Gasteiger partial charge in [-0.1, -0.05) is 44.6 Å². The zero-order valence-electron chi connectivity index (χ0n) is 11.6. The van der Waals surface area contributed by atoms with Crippen molar-refractivity contribution in [2.24, 2.45) is 5.41 Å². The zero-order valence-corrected chi connectivity index (χ0v) is 11.6. The van der Waals surface area contributed by atoms with Crippen molar-refractivity contribution >= 4 is 11.6 Å². The second-order valence-electron chi connectivity index (χ2n) is 5.41. The van der Waals surface area contributed by atoms with E-state index in [-0.39, 0.29) is 17.0 Å². The van der Waals surface area contributed by atoms with E-state index in [9.17, 15) is 9.59 Å². The second-order valence-corrected chi connectivity index (χ2v) is 5.41. The summed E-state index contributed by atoms with van der Waals surface area (Å²) in [6.07, 6.45) is 14.3. The van der Waals surface area contributed by atoms with Gasteiger partial charge in [-0.2, -0.15) is 0 Å². The topological polar surface area (TPSA) is 34.1 Å². The third-order valence-electron chi connectivity index (χ3n) is 3.97. The maximum atomic E-state index is 11.3. The van der Waals surface area contributed by atoms with Crippen LogP contribution in [0.15, 0.2) is 47.6 Å². The molecule has 0 amide bonds. The van der Waals surface area contributed by atoms with E-state index in [0.29, 0.717) is 12.8 Å². The Morgan fingerprint density at radius 3 is 1.74 bits per heavy atom. The Kier molecular flexibility index (Phi) is 3.98. The number of allylic oxidation sites excluding steroid dienone is 8. The first kappa shape index (κ1) is 13.7. The molecule has 0 N–H and O–H groups in total. The molecule has 0 aromatic heterocycles. The number of carbonyl (C=O) groups is 2. The summed E-state index contributed by atoms with van der Waals surface area (Å²) in [4.78, 5) is 22.6. The molecule has 0 atom stereocenters. The van der Waals surface area contributed by atoms with E-state index in [4.69, 9.17) is 0 Å². The van der Waals surface area contributed by atoms with Crippen LogP contribution in [0.5, 0.6) is 0 Å². The molecular formula is C17H20O2. The van der Waals surface area contributed by atoms with E-state index >= 15 is 0 Å². The standard InChI is InChI=1S/C17H20O2/c1-3-12-17(2,13-4-8-15(18)9-5-13)14-6-10-16(19)11-7-14/h4-8,10H,3,9,11-12H2,1-2H3. The van der Waals surface area contributed by atoms with Crippen molar-refractivity contribution in [3.05, 3.63) is 47.6 Å². The van der Waals surface area contributed by atoms with Gasteiger partial charge in [-0.25, -0.2) is 0 Å². The van der Waals surface area contributed by atoms with Crippen LogP contribution in [0.4, 0.5) is 0 Å². The van der Waals surface area contributed by atoms with Crippen LogP contribution in [-0.4, -0.2) is 11.6 Å². The van der Waals surface area contributed by atoms with Crippen LogP contribution in [0.2, 0.25) is 0 Å². The Balaban J connectivity index is 2.33. The van der Waals surface area contributed by atoms with E-state index in [2.05, 4.69) is 13.8 Å². The monoisotopic (exact) mass is 256 g/mol. The van der Waals surface area contributed by atoms with E-state index in [1.807, 2.05) is 24.3 Å². The molecule has 0 radical (unpaired) electrons. The van der Waals surface area contributed by atoms with Crippen molar-refractivity contribution in [1.29, 1.82) is 0 Å². The average Bonchev–Trinajstić information content (AvgIpc) is 2.40. The van der Waals surface area contributed by atoms with Crippen LogP contribution in [0.1, 0.15) is 39.5 Å². The highest BCUT2D eigenvalue weighted by atomic mass is 16.1. The minimum atomic E-state index is -0.0941. The summed E-state index contributed by atoms with van der Waals surface area (Å²) in [6, 6.07) is 0. The SMILES string of the molecule is CCCC(C)(C1=CCC(=O)C=C1)C1=CCC(=O)C=C1. The Hall–Kier alpha value is -1.70. The fraction of sp³-hybridized carbons (Fsp3) is 0.412. The molecule has 2 rings (SSSR count). The van der Waals surface area contributed by atoms with Gasteiger partial charge in [0.1, 0.15) is 0 Å². The number of ketones is 2. The lowest BCUT2D eigenvalue weighted by Crippen LogP contribution is -2.23. The van der Waals surface area contributed by atoms with E-state index in [1.165, 1.54) is 11.1 Å². The molecule has 2 nitrogen and oxygen atoms in total. The van der Waals surface area contributed by atoms with Gasteiger partial charge in [0.15, 0.2) is 11.6 Å². The van der Waals surface area contributed by atoms with Crippen molar-refractivity contribution in [3.8, 4) is 0 Å². The first-order valence-electron chi connectivity index (χ1n) is 6.89. The Bertz CT molecular complexity index is 473. The quantitative estimate of drug-likeness (QED) is 0.768. The summed E-state index contributed by atoms with van der Waals surface area (Å²) in [5, 5.41) is 0. The van der Waals surface area contributed by atoms with Gasteiger partial charge in [0.25, 0.3) is 0 Å². The molecular weight excluding hydrogens is 236 g/mol. The molecule has 2 aliphatic rings. The van der Waals surface area contributed by atoms with Crippen molar-refractivity contribution in [1.82, 2.24) is 0 Å². The maximum Gasteiger partial charge on any atom is 0.159 e. The molecule has 0 aromatic rings. The molecule has 0 saturated heterocycles. The highest BCUT2D eigenvalue weighted by Crippen LogP contribution is 2.43. The number of rotatable bonds is 4. The maximum absolute atomic E-state index is 11.3. The second kappa shape index (κ2) is 5.52. The van der Waals surface area contributed by atoms with Crippen LogP contribution in [-0.2, 0) is 9.59 Å². The van der Waals surface area contributed by atoms with E-state index in [1.54, 1.807) is 12.2 Å². The third kappa shape index (κ3) is 2.83. The largest absolute Gasteiger partial charge is 0.295 e. The molecule has 0 heterocycles. The molecule has 0 aliphatic heterocycles. The van der Waals surface area contributed by atoms with Gasteiger partial charge in [0, 0.05) is 18.3 Å². The van der Waals surface area contributed by atoms with Crippen LogP contribution < -0.4 is 0 Å². The highest BCUT2D eigenvalue weighted by molar-refractivity contribution is 5.94. The number of carbonyl (C=O) groups excluding carboxylic acids is 2. The normalized spacial score (nSPS) is 19.5. The van der Waals surface area contributed by atoms with Crippen molar-refractivity contribution in [2.75, 3.05) is 0 Å². The van der Waals surface area contributed by atoms with Crippen molar-refractivity contribution in [3.63, 3.8) is 0 Å².